The number of aryl methyl sites for hydroxylation is 1. The van der Waals surface area contributed by atoms with Crippen molar-refractivity contribution in [2.45, 2.75) is 51.4 Å². The van der Waals surface area contributed by atoms with E-state index in [0.717, 1.165) is 49.0 Å². The van der Waals surface area contributed by atoms with E-state index in [1.807, 2.05) is 0 Å². The first-order valence-corrected chi connectivity index (χ1v) is 12.5. The molecule has 8 nitrogen and oxygen atoms in total. The molecule has 2 N–H and O–H groups in total. The highest BCUT2D eigenvalue weighted by Gasteiger charge is 2.34. The van der Waals surface area contributed by atoms with Crippen LogP contribution in [-0.4, -0.2) is 34.7 Å². The lowest BCUT2D eigenvalue weighted by atomic mass is 9.84. The van der Waals surface area contributed by atoms with Gasteiger partial charge in [0, 0.05) is 23.8 Å². The number of nitrogens with zero attached hydrogens (tertiary/aromatic N) is 2. The molecule has 3 aliphatic rings. The number of rotatable bonds is 8. The van der Waals surface area contributed by atoms with E-state index in [-0.39, 0.29) is 23.7 Å². The molecule has 0 bridgehead atoms. The number of carbonyl (C=O) groups excluding carboxylic acids is 2. The Morgan fingerprint density at radius 2 is 2.00 bits per heavy atom. The van der Waals surface area contributed by atoms with Crippen molar-refractivity contribution in [1.29, 1.82) is 0 Å². The van der Waals surface area contributed by atoms with Gasteiger partial charge in [0.1, 0.15) is 10.0 Å². The fourth-order valence-electron chi connectivity index (χ4n) is 3.87. The number of hydrogen-bond donors (Lipinski definition) is 2. The lowest BCUT2D eigenvalue weighted by Gasteiger charge is -2.22. The third-order valence-electron chi connectivity index (χ3n) is 5.92. The largest absolute Gasteiger partial charge is 0.352 e. The summed E-state index contributed by atoms with van der Waals surface area (Å²) in [4.78, 5) is 37.3. The Hall–Kier alpha value is -1.94. The zero-order chi connectivity index (χ0) is 21.3. The number of anilines is 1. The van der Waals surface area contributed by atoms with Crippen LogP contribution in [0.3, 0.4) is 0 Å². The van der Waals surface area contributed by atoms with Crippen LogP contribution in [0, 0.1) is 27.9 Å². The Kier molecular flexibility index (Phi) is 6.43. The second kappa shape index (κ2) is 9.05. The van der Waals surface area contributed by atoms with Crippen molar-refractivity contribution in [1.82, 2.24) is 5.32 Å². The molecule has 0 aliphatic heterocycles. The number of hydrogen-bond acceptors (Lipinski definition) is 6. The Labute approximate surface area is 183 Å². The molecule has 1 atom stereocenters. The van der Waals surface area contributed by atoms with Crippen LogP contribution < -0.4 is 10.6 Å². The molecule has 0 saturated heterocycles. The topological polar surface area (TPSA) is 114 Å². The highest BCUT2D eigenvalue weighted by molar-refractivity contribution is 8.13. The van der Waals surface area contributed by atoms with Crippen molar-refractivity contribution in [2.24, 2.45) is 22.9 Å². The summed E-state index contributed by atoms with van der Waals surface area (Å²) in [6.07, 6.45) is 8.84. The molecule has 1 unspecified atom stereocenters. The van der Waals surface area contributed by atoms with Crippen molar-refractivity contribution in [3.63, 3.8) is 0 Å². The maximum absolute atomic E-state index is 13.1. The third-order valence-corrected chi connectivity index (χ3v) is 7.84. The molecule has 0 radical (unpaired) electrons. The van der Waals surface area contributed by atoms with Crippen molar-refractivity contribution < 1.29 is 14.6 Å². The number of nitrogens with one attached hydrogen (secondary N) is 2. The van der Waals surface area contributed by atoms with E-state index in [2.05, 4.69) is 15.7 Å². The van der Waals surface area contributed by atoms with E-state index < -0.39 is 5.03 Å². The molecule has 4 rings (SSSR count). The van der Waals surface area contributed by atoms with E-state index in [1.165, 1.54) is 23.1 Å². The summed E-state index contributed by atoms with van der Waals surface area (Å²) >= 11 is 2.81. The number of nitro groups is 1. The quantitative estimate of drug-likeness (QED) is 0.271. The zero-order valence-electron chi connectivity index (χ0n) is 16.9. The molecule has 2 fully saturated rings. The molecule has 2 amide bonds. The zero-order valence-corrected chi connectivity index (χ0v) is 18.6. The van der Waals surface area contributed by atoms with E-state index in [0.29, 0.717) is 40.9 Å². The first-order chi connectivity index (χ1) is 14.4. The Morgan fingerprint density at radius 1 is 1.23 bits per heavy atom. The Bertz CT molecular complexity index is 890. The fraction of sp³-hybridized carbons (Fsp3) is 0.650. The number of thiophene rings is 1. The molecule has 2 saturated carbocycles. The Morgan fingerprint density at radius 3 is 2.63 bits per heavy atom. The first kappa shape index (κ1) is 21.3. The lowest BCUT2D eigenvalue weighted by Crippen LogP contribution is -2.28. The minimum Gasteiger partial charge on any atom is -0.352 e. The van der Waals surface area contributed by atoms with Crippen molar-refractivity contribution in [3.05, 3.63) is 26.1 Å². The molecule has 10 heteroatoms. The van der Waals surface area contributed by atoms with Gasteiger partial charge >= 0.3 is 0 Å². The molecule has 1 heterocycles. The highest BCUT2D eigenvalue weighted by atomic mass is 32.2. The van der Waals surface area contributed by atoms with Gasteiger partial charge in [-0.2, -0.15) is 0 Å². The van der Waals surface area contributed by atoms with Crippen LogP contribution in [-0.2, 0) is 17.6 Å². The van der Waals surface area contributed by atoms with Crippen molar-refractivity contribution >= 4 is 45.0 Å². The number of thioether (sulfide) groups is 1. The molecule has 1 aromatic heterocycles. The van der Waals surface area contributed by atoms with Crippen molar-refractivity contribution in [2.75, 3.05) is 18.1 Å². The molecule has 30 heavy (non-hydrogen) atoms. The molecule has 3 aliphatic carbocycles. The van der Waals surface area contributed by atoms with Gasteiger partial charge in [0.15, 0.2) is 5.03 Å². The van der Waals surface area contributed by atoms with Crippen molar-refractivity contribution in [3.8, 4) is 0 Å². The summed E-state index contributed by atoms with van der Waals surface area (Å²) in [5.41, 5.74) is 1.60. The number of amides is 2. The molecule has 1 aromatic rings. The molecule has 0 aromatic carbocycles. The summed E-state index contributed by atoms with van der Waals surface area (Å²) in [6.45, 7) is 0.676. The Balaban J connectivity index is 1.55. The summed E-state index contributed by atoms with van der Waals surface area (Å²) in [6, 6.07) is 0. The summed E-state index contributed by atoms with van der Waals surface area (Å²) in [7, 11) is 0. The predicted molar refractivity (Wildman–Crippen MR) is 119 cm³/mol. The van der Waals surface area contributed by atoms with Gasteiger partial charge in [-0.3, -0.25) is 9.59 Å². The standard InChI is InChI=1S/C20H26N4O4S2/c1-29-16(23-24(27)28)9-12-4-7-15-14(8-12)17(19(26)21-10-11-2-3-11)20(30-15)22-18(25)13-5-6-13/h11-13H,2-10H2,1H3,(H,21,26)(H,22,25). The fourth-order valence-corrected chi connectivity index (χ4v) is 5.66. The van der Waals surface area contributed by atoms with Crippen LogP contribution in [0.2, 0.25) is 0 Å². The van der Waals surface area contributed by atoms with Crippen LogP contribution in [0.4, 0.5) is 5.00 Å². The van der Waals surface area contributed by atoms with E-state index in [1.54, 1.807) is 6.26 Å². The second-order valence-corrected chi connectivity index (χ2v) is 10.4. The van der Waals surface area contributed by atoms with Crippen LogP contribution in [0.5, 0.6) is 0 Å². The normalized spacial score (nSPS) is 21.1. The molecular formula is C20H26N4O4S2. The smallest absolute Gasteiger partial charge is 0.254 e. The van der Waals surface area contributed by atoms with Gasteiger partial charge in [-0.15, -0.1) is 23.1 Å². The maximum Gasteiger partial charge on any atom is 0.254 e. The average molecular weight is 451 g/mol. The summed E-state index contributed by atoms with van der Waals surface area (Å²) in [5, 5.41) is 20.8. The molecule has 0 spiro atoms. The van der Waals surface area contributed by atoms with Crippen LogP contribution in [0.25, 0.3) is 0 Å². The third kappa shape index (κ3) is 5.21. The van der Waals surface area contributed by atoms with E-state index >= 15 is 0 Å². The van der Waals surface area contributed by atoms with Gasteiger partial charge < -0.3 is 10.6 Å². The SMILES string of the molecule is CSC(CC1CCc2sc(NC(=O)C3CC3)c(C(=O)NCC3CC3)c2C1)=N[N+](=O)[O-]. The van der Waals surface area contributed by atoms with Crippen LogP contribution in [0.1, 0.15) is 59.3 Å². The first-order valence-electron chi connectivity index (χ1n) is 10.4. The van der Waals surface area contributed by atoms with Gasteiger partial charge in [0.25, 0.3) is 5.91 Å². The van der Waals surface area contributed by atoms with Gasteiger partial charge in [0.05, 0.1) is 10.7 Å². The minimum atomic E-state index is -0.646. The van der Waals surface area contributed by atoms with Gasteiger partial charge in [-0.05, 0) is 68.6 Å². The van der Waals surface area contributed by atoms with E-state index in [4.69, 9.17) is 0 Å². The highest BCUT2D eigenvalue weighted by Crippen LogP contribution is 2.42. The lowest BCUT2D eigenvalue weighted by molar-refractivity contribution is -0.484. The maximum atomic E-state index is 13.1. The number of carbonyl (C=O) groups is 2. The monoisotopic (exact) mass is 450 g/mol. The van der Waals surface area contributed by atoms with Gasteiger partial charge in [-0.1, -0.05) is 0 Å². The van der Waals surface area contributed by atoms with Gasteiger partial charge in [0.2, 0.25) is 5.91 Å². The summed E-state index contributed by atoms with van der Waals surface area (Å²) < 4.78 is 0. The van der Waals surface area contributed by atoms with E-state index in [9.17, 15) is 19.7 Å². The number of fused-ring (bicyclic) bond motifs is 1. The van der Waals surface area contributed by atoms with Crippen LogP contribution in [0.15, 0.2) is 5.10 Å². The van der Waals surface area contributed by atoms with Crippen LogP contribution >= 0.6 is 23.1 Å². The molecular weight excluding hydrogens is 424 g/mol. The predicted octanol–water partition coefficient (Wildman–Crippen LogP) is 3.68. The molecule has 162 valence electrons. The average Bonchev–Trinajstić information content (AvgIpc) is 3.61. The minimum absolute atomic E-state index is 0.00387. The summed E-state index contributed by atoms with van der Waals surface area (Å²) in [5.74, 6) is 0.726. The van der Waals surface area contributed by atoms with Gasteiger partial charge in [-0.25, -0.2) is 10.1 Å². The number of hydrazone groups is 1. The second-order valence-electron chi connectivity index (χ2n) is 8.37.